The highest BCUT2D eigenvalue weighted by molar-refractivity contribution is 7.99. The van der Waals surface area contributed by atoms with Crippen LogP contribution < -0.4 is 0 Å². The molecule has 17 heavy (non-hydrogen) atoms. The first-order valence-electron chi connectivity index (χ1n) is 5.85. The van der Waals surface area contributed by atoms with Crippen molar-refractivity contribution in [2.75, 3.05) is 11.5 Å². The predicted molar refractivity (Wildman–Crippen MR) is 74.8 cm³/mol. The average Bonchev–Trinajstić information content (AvgIpc) is 2.44. The number of aromatic nitrogens is 2. The molecular weight excluding hydrogens is 256 g/mol. The van der Waals surface area contributed by atoms with E-state index in [4.69, 9.17) is 11.6 Å². The summed E-state index contributed by atoms with van der Waals surface area (Å²) in [6.07, 6.45) is 0.239. The zero-order chi connectivity index (χ0) is 13.0. The SMILES string of the molecule is Cc1nn(C)c(Cl)c1CC(O)CSCC(C)C. The number of hydrogen-bond acceptors (Lipinski definition) is 3. The van der Waals surface area contributed by atoms with Gasteiger partial charge in [0.15, 0.2) is 0 Å². The summed E-state index contributed by atoms with van der Waals surface area (Å²) in [4.78, 5) is 0. The summed E-state index contributed by atoms with van der Waals surface area (Å²) < 4.78 is 1.65. The number of nitrogens with zero attached hydrogens (tertiary/aromatic N) is 2. The molecule has 1 rings (SSSR count). The molecule has 0 saturated heterocycles. The molecule has 1 N–H and O–H groups in total. The maximum absolute atomic E-state index is 9.96. The molecule has 0 amide bonds. The molecule has 98 valence electrons. The van der Waals surface area contributed by atoms with Gasteiger partial charge in [-0.15, -0.1) is 0 Å². The van der Waals surface area contributed by atoms with Crippen LogP contribution in [-0.2, 0) is 13.5 Å². The standard InChI is InChI=1S/C12H21ClN2OS/c1-8(2)6-17-7-10(16)5-11-9(3)14-15(4)12(11)13/h8,10,16H,5-7H2,1-4H3. The molecule has 1 aromatic rings. The van der Waals surface area contributed by atoms with E-state index < -0.39 is 0 Å². The van der Waals surface area contributed by atoms with Crippen LogP contribution in [0.4, 0.5) is 0 Å². The van der Waals surface area contributed by atoms with Crippen LogP contribution in [0.2, 0.25) is 5.15 Å². The molecule has 1 heterocycles. The second-order valence-corrected chi connectivity index (χ2v) is 6.20. The van der Waals surface area contributed by atoms with Gasteiger partial charge in [-0.3, -0.25) is 4.68 Å². The first-order valence-corrected chi connectivity index (χ1v) is 7.38. The lowest BCUT2D eigenvalue weighted by atomic mass is 10.1. The van der Waals surface area contributed by atoms with Crippen molar-refractivity contribution < 1.29 is 5.11 Å². The summed E-state index contributed by atoms with van der Waals surface area (Å²) in [5.41, 5.74) is 1.87. The zero-order valence-electron chi connectivity index (χ0n) is 10.9. The molecule has 5 heteroatoms. The highest BCUT2D eigenvalue weighted by atomic mass is 35.5. The molecule has 1 aromatic heterocycles. The van der Waals surface area contributed by atoms with Crippen LogP contribution in [0.1, 0.15) is 25.1 Å². The molecule has 1 unspecified atom stereocenters. The first kappa shape index (κ1) is 14.9. The number of aliphatic hydroxyl groups is 1. The fourth-order valence-corrected chi connectivity index (χ4v) is 2.89. The van der Waals surface area contributed by atoms with Crippen molar-refractivity contribution in [1.82, 2.24) is 9.78 Å². The topological polar surface area (TPSA) is 38.0 Å². The van der Waals surface area contributed by atoms with Gasteiger partial charge in [0.05, 0.1) is 11.8 Å². The van der Waals surface area contributed by atoms with Crippen molar-refractivity contribution in [2.24, 2.45) is 13.0 Å². The molecule has 0 aromatic carbocycles. The number of thioether (sulfide) groups is 1. The van der Waals surface area contributed by atoms with Crippen LogP contribution in [0.5, 0.6) is 0 Å². The minimum atomic E-state index is -0.348. The van der Waals surface area contributed by atoms with E-state index in [1.165, 1.54) is 0 Å². The molecule has 1 atom stereocenters. The monoisotopic (exact) mass is 276 g/mol. The number of halogens is 1. The van der Waals surface area contributed by atoms with Gasteiger partial charge in [-0.1, -0.05) is 25.4 Å². The minimum absolute atomic E-state index is 0.348. The molecular formula is C12H21ClN2OS. The summed E-state index contributed by atoms with van der Waals surface area (Å²) in [6, 6.07) is 0. The number of aliphatic hydroxyl groups excluding tert-OH is 1. The van der Waals surface area contributed by atoms with Gasteiger partial charge in [-0.2, -0.15) is 16.9 Å². The summed E-state index contributed by atoms with van der Waals surface area (Å²) in [5, 5.41) is 14.8. The zero-order valence-corrected chi connectivity index (χ0v) is 12.5. The van der Waals surface area contributed by atoms with Crippen LogP contribution >= 0.6 is 23.4 Å². The van der Waals surface area contributed by atoms with Gasteiger partial charge in [-0.25, -0.2) is 0 Å². The van der Waals surface area contributed by atoms with Crippen LogP contribution in [-0.4, -0.2) is 32.5 Å². The van der Waals surface area contributed by atoms with Gasteiger partial charge in [-0.05, 0) is 18.6 Å². The molecule has 0 aliphatic rings. The van der Waals surface area contributed by atoms with Gasteiger partial charge in [0.1, 0.15) is 5.15 Å². The fraction of sp³-hybridized carbons (Fsp3) is 0.750. The average molecular weight is 277 g/mol. The number of rotatable bonds is 6. The highest BCUT2D eigenvalue weighted by Gasteiger charge is 2.15. The third kappa shape index (κ3) is 4.53. The van der Waals surface area contributed by atoms with E-state index in [1.54, 1.807) is 16.4 Å². The molecule has 0 aliphatic carbocycles. The number of hydrogen-bond donors (Lipinski definition) is 1. The molecule has 0 bridgehead atoms. The van der Waals surface area contributed by atoms with Crippen molar-refractivity contribution >= 4 is 23.4 Å². The molecule has 0 saturated carbocycles. The second kappa shape index (κ2) is 6.66. The van der Waals surface area contributed by atoms with E-state index >= 15 is 0 Å². The molecule has 0 fully saturated rings. The lowest BCUT2D eigenvalue weighted by Gasteiger charge is -2.11. The molecule has 0 radical (unpaired) electrons. The van der Waals surface area contributed by atoms with E-state index in [1.807, 2.05) is 14.0 Å². The Hall–Kier alpha value is -0.190. The summed E-state index contributed by atoms with van der Waals surface area (Å²) in [5.74, 6) is 2.50. The highest BCUT2D eigenvalue weighted by Crippen LogP contribution is 2.21. The molecule has 0 spiro atoms. The van der Waals surface area contributed by atoms with Gasteiger partial charge in [0, 0.05) is 24.8 Å². The van der Waals surface area contributed by atoms with E-state index in [-0.39, 0.29) is 6.10 Å². The van der Waals surface area contributed by atoms with Gasteiger partial charge in [0.2, 0.25) is 0 Å². The van der Waals surface area contributed by atoms with Gasteiger partial charge >= 0.3 is 0 Å². The van der Waals surface area contributed by atoms with Crippen molar-refractivity contribution in [3.05, 3.63) is 16.4 Å². The van der Waals surface area contributed by atoms with E-state index in [9.17, 15) is 5.11 Å². The largest absolute Gasteiger partial charge is 0.392 e. The Morgan fingerprint density at radius 1 is 1.41 bits per heavy atom. The van der Waals surface area contributed by atoms with Crippen LogP contribution in [0, 0.1) is 12.8 Å². The fourth-order valence-electron chi connectivity index (χ4n) is 1.64. The third-order valence-electron chi connectivity index (χ3n) is 2.47. The van der Waals surface area contributed by atoms with Gasteiger partial charge in [0.25, 0.3) is 0 Å². The summed E-state index contributed by atoms with van der Waals surface area (Å²) in [7, 11) is 1.82. The second-order valence-electron chi connectivity index (χ2n) is 4.77. The van der Waals surface area contributed by atoms with E-state index in [2.05, 4.69) is 18.9 Å². The summed E-state index contributed by atoms with van der Waals surface area (Å²) >= 11 is 7.91. The maximum atomic E-state index is 9.96. The van der Waals surface area contributed by atoms with Crippen molar-refractivity contribution in [2.45, 2.75) is 33.3 Å². The summed E-state index contributed by atoms with van der Waals surface area (Å²) in [6.45, 7) is 6.29. The Morgan fingerprint density at radius 2 is 2.06 bits per heavy atom. The lowest BCUT2D eigenvalue weighted by Crippen LogP contribution is -2.15. The van der Waals surface area contributed by atoms with Gasteiger partial charge < -0.3 is 5.11 Å². The molecule has 3 nitrogen and oxygen atoms in total. The Balaban J connectivity index is 2.47. The molecule has 0 aliphatic heterocycles. The van der Waals surface area contributed by atoms with Crippen LogP contribution in [0.25, 0.3) is 0 Å². The van der Waals surface area contributed by atoms with E-state index in [0.717, 1.165) is 22.8 Å². The Labute approximate surface area is 113 Å². The Morgan fingerprint density at radius 3 is 2.53 bits per heavy atom. The quantitative estimate of drug-likeness (QED) is 0.868. The normalized spacial score (nSPS) is 13.4. The van der Waals surface area contributed by atoms with Crippen LogP contribution in [0.15, 0.2) is 0 Å². The van der Waals surface area contributed by atoms with E-state index in [0.29, 0.717) is 17.5 Å². The minimum Gasteiger partial charge on any atom is -0.392 e. The Kier molecular flexibility index (Phi) is 5.83. The van der Waals surface area contributed by atoms with Crippen molar-refractivity contribution in [3.63, 3.8) is 0 Å². The van der Waals surface area contributed by atoms with Crippen molar-refractivity contribution in [1.29, 1.82) is 0 Å². The predicted octanol–water partition coefficient (Wildman–Crippen LogP) is 2.67. The first-order chi connectivity index (χ1) is 7.91. The van der Waals surface area contributed by atoms with Crippen molar-refractivity contribution in [3.8, 4) is 0 Å². The van der Waals surface area contributed by atoms with Crippen LogP contribution in [0.3, 0.4) is 0 Å². The third-order valence-corrected chi connectivity index (χ3v) is 4.47. The maximum Gasteiger partial charge on any atom is 0.130 e. The smallest absolute Gasteiger partial charge is 0.130 e. The lowest BCUT2D eigenvalue weighted by molar-refractivity contribution is 0.200. The number of aryl methyl sites for hydroxylation is 2. The Bertz CT molecular complexity index is 366.